The van der Waals surface area contributed by atoms with Crippen molar-refractivity contribution in [1.29, 1.82) is 0 Å². The van der Waals surface area contributed by atoms with Gasteiger partial charge in [-0.05, 0) is 35.7 Å². The third-order valence-electron chi connectivity index (χ3n) is 4.80. The van der Waals surface area contributed by atoms with Gasteiger partial charge in [0.2, 0.25) is 17.6 Å². The van der Waals surface area contributed by atoms with Crippen molar-refractivity contribution in [2.24, 2.45) is 0 Å². The number of amides is 1. The van der Waals surface area contributed by atoms with E-state index in [1.165, 1.54) is 18.2 Å². The Morgan fingerprint density at radius 3 is 2.79 bits per heavy atom. The van der Waals surface area contributed by atoms with Crippen molar-refractivity contribution in [1.82, 2.24) is 15.0 Å². The number of halogens is 2. The van der Waals surface area contributed by atoms with Crippen LogP contribution in [-0.4, -0.2) is 20.9 Å². The number of carbonyl (C=O) groups excluding carboxylic acids is 1. The minimum Gasteiger partial charge on any atom is -0.337 e. The Bertz CT molecular complexity index is 1030. The molecule has 1 saturated heterocycles. The number of benzene rings is 2. The fraction of sp³-hybridized carbons (Fsp3) is 0.190. The number of nitrogens with zero attached hydrogens (tertiary/aromatic N) is 3. The second-order valence-corrected chi connectivity index (χ2v) is 7.01. The second kappa shape index (κ2) is 7.56. The minimum absolute atomic E-state index is 0.00973. The Morgan fingerprint density at radius 2 is 2.07 bits per heavy atom. The van der Waals surface area contributed by atoms with E-state index in [-0.39, 0.29) is 17.0 Å². The van der Waals surface area contributed by atoms with Gasteiger partial charge in [0.1, 0.15) is 11.9 Å². The number of hydrogen-bond donors (Lipinski definition) is 0. The van der Waals surface area contributed by atoms with Crippen molar-refractivity contribution in [2.75, 3.05) is 0 Å². The molecule has 1 amide bonds. The van der Waals surface area contributed by atoms with E-state index in [0.29, 0.717) is 36.7 Å². The lowest BCUT2D eigenvalue weighted by Gasteiger charge is -2.22. The number of hydrogen-bond acceptors (Lipinski definition) is 4. The van der Waals surface area contributed by atoms with Crippen LogP contribution in [0.5, 0.6) is 0 Å². The van der Waals surface area contributed by atoms with Crippen molar-refractivity contribution in [3.05, 3.63) is 76.9 Å². The summed E-state index contributed by atoms with van der Waals surface area (Å²) >= 11 is 5.83. The van der Waals surface area contributed by atoms with Gasteiger partial charge in [0, 0.05) is 18.5 Å². The summed E-state index contributed by atoms with van der Waals surface area (Å²) in [5.74, 6) is 0.210. The SMILES string of the molecule is C=Cc1ccc(CN2C(=O)CCC2c2nc(-c3ccc(F)c(Cl)c3)no2)cc1. The molecule has 1 fully saturated rings. The van der Waals surface area contributed by atoms with Gasteiger partial charge in [-0.3, -0.25) is 4.79 Å². The van der Waals surface area contributed by atoms with Gasteiger partial charge in [0.05, 0.1) is 5.02 Å². The molecule has 0 bridgehead atoms. The highest BCUT2D eigenvalue weighted by atomic mass is 35.5. The molecule has 3 aromatic rings. The third-order valence-corrected chi connectivity index (χ3v) is 5.09. The molecule has 28 heavy (non-hydrogen) atoms. The molecule has 2 aromatic carbocycles. The van der Waals surface area contributed by atoms with Gasteiger partial charge in [-0.25, -0.2) is 4.39 Å². The molecule has 1 aromatic heterocycles. The van der Waals surface area contributed by atoms with E-state index in [1.807, 2.05) is 24.3 Å². The molecule has 5 nitrogen and oxygen atoms in total. The first kappa shape index (κ1) is 18.4. The van der Waals surface area contributed by atoms with Crippen molar-refractivity contribution in [3.63, 3.8) is 0 Å². The highest BCUT2D eigenvalue weighted by molar-refractivity contribution is 6.31. The molecule has 1 aliphatic rings. The molecule has 0 aliphatic carbocycles. The van der Waals surface area contributed by atoms with Gasteiger partial charge in [0.15, 0.2) is 0 Å². The first-order valence-corrected chi connectivity index (χ1v) is 9.23. The van der Waals surface area contributed by atoms with Crippen LogP contribution in [0, 0.1) is 5.82 Å². The maximum absolute atomic E-state index is 13.4. The zero-order chi connectivity index (χ0) is 19.7. The van der Waals surface area contributed by atoms with Crippen LogP contribution in [0.1, 0.15) is 35.9 Å². The molecule has 1 aliphatic heterocycles. The summed E-state index contributed by atoms with van der Waals surface area (Å²) < 4.78 is 18.8. The van der Waals surface area contributed by atoms with E-state index in [9.17, 15) is 9.18 Å². The Labute approximate surface area is 166 Å². The summed E-state index contributed by atoms with van der Waals surface area (Å²) in [5, 5.41) is 3.97. The lowest BCUT2D eigenvalue weighted by Crippen LogP contribution is -2.27. The van der Waals surface area contributed by atoms with Crippen LogP contribution >= 0.6 is 11.6 Å². The third kappa shape index (κ3) is 3.55. The van der Waals surface area contributed by atoms with Crippen molar-refractivity contribution < 1.29 is 13.7 Å². The van der Waals surface area contributed by atoms with Gasteiger partial charge < -0.3 is 9.42 Å². The van der Waals surface area contributed by atoms with Crippen LogP contribution in [0.25, 0.3) is 17.5 Å². The van der Waals surface area contributed by atoms with Gasteiger partial charge in [-0.1, -0.05) is 53.7 Å². The van der Waals surface area contributed by atoms with Gasteiger partial charge in [0.25, 0.3) is 0 Å². The van der Waals surface area contributed by atoms with Crippen molar-refractivity contribution >= 4 is 23.6 Å². The van der Waals surface area contributed by atoms with Crippen LogP contribution in [0.15, 0.2) is 53.6 Å². The molecule has 7 heteroatoms. The largest absolute Gasteiger partial charge is 0.337 e. The molecule has 0 spiro atoms. The molecular formula is C21H17ClFN3O2. The summed E-state index contributed by atoms with van der Waals surface area (Å²) in [7, 11) is 0. The van der Waals surface area contributed by atoms with Crippen LogP contribution < -0.4 is 0 Å². The van der Waals surface area contributed by atoms with E-state index in [1.54, 1.807) is 11.0 Å². The Balaban J connectivity index is 1.57. The fourth-order valence-electron chi connectivity index (χ4n) is 3.27. The number of likely N-dealkylation sites (tertiary alicyclic amines) is 1. The maximum atomic E-state index is 13.4. The molecule has 0 saturated carbocycles. The predicted molar refractivity (Wildman–Crippen MR) is 104 cm³/mol. The normalized spacial score (nSPS) is 16.6. The molecule has 1 unspecified atom stereocenters. The zero-order valence-corrected chi connectivity index (χ0v) is 15.7. The Kier molecular flexibility index (Phi) is 4.96. The minimum atomic E-state index is -0.510. The highest BCUT2D eigenvalue weighted by Crippen LogP contribution is 2.34. The number of aromatic nitrogens is 2. The molecular weight excluding hydrogens is 381 g/mol. The smallest absolute Gasteiger partial charge is 0.249 e. The first-order chi connectivity index (χ1) is 13.5. The average molecular weight is 398 g/mol. The summed E-state index contributed by atoms with van der Waals surface area (Å²) in [4.78, 5) is 18.6. The van der Waals surface area contributed by atoms with E-state index < -0.39 is 5.82 Å². The zero-order valence-electron chi connectivity index (χ0n) is 14.9. The molecule has 4 rings (SSSR count). The quantitative estimate of drug-likeness (QED) is 0.605. The monoisotopic (exact) mass is 397 g/mol. The van der Waals surface area contributed by atoms with E-state index in [0.717, 1.165) is 11.1 Å². The van der Waals surface area contributed by atoms with Crippen LogP contribution in [0.3, 0.4) is 0 Å². The van der Waals surface area contributed by atoms with Crippen LogP contribution in [-0.2, 0) is 11.3 Å². The second-order valence-electron chi connectivity index (χ2n) is 6.61. The first-order valence-electron chi connectivity index (χ1n) is 8.85. The van der Waals surface area contributed by atoms with Crippen molar-refractivity contribution in [3.8, 4) is 11.4 Å². The topological polar surface area (TPSA) is 59.2 Å². The van der Waals surface area contributed by atoms with Crippen LogP contribution in [0.4, 0.5) is 4.39 Å². The Hall–Kier alpha value is -2.99. The van der Waals surface area contributed by atoms with Crippen LogP contribution in [0.2, 0.25) is 5.02 Å². The summed E-state index contributed by atoms with van der Waals surface area (Å²) in [6, 6.07) is 11.8. The summed E-state index contributed by atoms with van der Waals surface area (Å²) in [5.41, 5.74) is 2.58. The molecule has 142 valence electrons. The standard InChI is InChI=1S/C21H17ClFN3O2/c1-2-13-3-5-14(6-4-13)12-26-18(9-10-19(26)27)21-24-20(25-28-21)15-7-8-17(23)16(22)11-15/h2-8,11,18H,1,9-10,12H2. The maximum Gasteiger partial charge on any atom is 0.249 e. The van der Waals surface area contributed by atoms with E-state index >= 15 is 0 Å². The van der Waals surface area contributed by atoms with Gasteiger partial charge >= 0.3 is 0 Å². The molecule has 0 N–H and O–H groups in total. The lowest BCUT2D eigenvalue weighted by atomic mass is 10.1. The Morgan fingerprint density at radius 1 is 1.29 bits per heavy atom. The van der Waals surface area contributed by atoms with E-state index in [2.05, 4.69) is 16.7 Å². The molecule has 2 heterocycles. The van der Waals surface area contributed by atoms with Gasteiger partial charge in [-0.15, -0.1) is 0 Å². The molecule has 1 atom stereocenters. The fourth-order valence-corrected chi connectivity index (χ4v) is 3.45. The summed E-state index contributed by atoms with van der Waals surface area (Å²) in [6.07, 6.45) is 2.81. The van der Waals surface area contributed by atoms with E-state index in [4.69, 9.17) is 16.1 Å². The summed E-state index contributed by atoms with van der Waals surface area (Å²) in [6.45, 7) is 4.20. The average Bonchev–Trinajstić information content (AvgIpc) is 3.32. The lowest BCUT2D eigenvalue weighted by molar-refractivity contribution is -0.129. The van der Waals surface area contributed by atoms with Gasteiger partial charge in [-0.2, -0.15) is 4.98 Å². The van der Waals surface area contributed by atoms with Crippen molar-refractivity contribution in [2.45, 2.75) is 25.4 Å². The predicted octanol–water partition coefficient (Wildman–Crippen LogP) is 5.04. The highest BCUT2D eigenvalue weighted by Gasteiger charge is 2.36. The number of carbonyl (C=O) groups is 1. The molecule has 0 radical (unpaired) electrons. The number of rotatable bonds is 5.